The molecule has 98 valence electrons. The summed E-state index contributed by atoms with van der Waals surface area (Å²) in [4.78, 5) is 10.1. The monoisotopic (exact) mass is 297 g/mol. The van der Waals surface area contributed by atoms with Crippen LogP contribution in [0.15, 0.2) is 53.4 Å². The Labute approximate surface area is 114 Å². The van der Waals surface area contributed by atoms with Gasteiger partial charge in [-0.05, 0) is 35.4 Å². The van der Waals surface area contributed by atoms with Crippen LogP contribution >= 0.6 is 10.7 Å². The van der Waals surface area contributed by atoms with Gasteiger partial charge in [-0.1, -0.05) is 12.1 Å². The molecule has 5 nitrogen and oxygen atoms in total. The van der Waals surface area contributed by atoms with E-state index in [1.165, 1.54) is 24.3 Å². The second kappa shape index (κ2) is 4.99. The van der Waals surface area contributed by atoms with Crippen molar-refractivity contribution in [2.45, 2.75) is 4.90 Å². The van der Waals surface area contributed by atoms with Gasteiger partial charge in [-0.2, -0.15) is 0 Å². The number of benzene rings is 2. The van der Waals surface area contributed by atoms with E-state index in [1.54, 1.807) is 24.3 Å². The molecule has 0 aliphatic rings. The summed E-state index contributed by atoms with van der Waals surface area (Å²) in [5.41, 5.74) is 1.51. The average molecular weight is 298 g/mol. The molecule has 0 unspecified atom stereocenters. The van der Waals surface area contributed by atoms with Crippen LogP contribution in [0.1, 0.15) is 0 Å². The van der Waals surface area contributed by atoms with Crippen LogP contribution in [-0.4, -0.2) is 13.3 Å². The normalized spacial score (nSPS) is 11.2. The Morgan fingerprint density at radius 3 is 1.68 bits per heavy atom. The smallest absolute Gasteiger partial charge is 0.258 e. The van der Waals surface area contributed by atoms with Crippen molar-refractivity contribution in [2.75, 3.05) is 0 Å². The van der Waals surface area contributed by atoms with Gasteiger partial charge in [0.05, 0.1) is 9.82 Å². The number of halogens is 1. The number of hydrogen-bond donors (Lipinski definition) is 0. The van der Waals surface area contributed by atoms with Crippen LogP contribution in [0, 0.1) is 10.1 Å². The molecule has 0 aromatic heterocycles. The van der Waals surface area contributed by atoms with Crippen LogP contribution in [0.5, 0.6) is 0 Å². The van der Waals surface area contributed by atoms with Crippen molar-refractivity contribution in [3.8, 4) is 11.1 Å². The maximum absolute atomic E-state index is 11.1. The molecule has 0 saturated carbocycles. The second-order valence-corrected chi connectivity index (χ2v) is 6.33. The summed E-state index contributed by atoms with van der Waals surface area (Å²) in [5.74, 6) is 0. The quantitative estimate of drug-likeness (QED) is 0.495. The molecule has 0 radical (unpaired) electrons. The highest BCUT2D eigenvalue weighted by Gasteiger charge is 2.10. The fourth-order valence-corrected chi connectivity index (χ4v) is 2.36. The first-order valence-electron chi connectivity index (χ1n) is 5.17. The lowest BCUT2D eigenvalue weighted by Crippen LogP contribution is -1.90. The average Bonchev–Trinajstić information content (AvgIpc) is 2.38. The van der Waals surface area contributed by atoms with Crippen LogP contribution in [0.3, 0.4) is 0 Å². The third-order valence-electron chi connectivity index (χ3n) is 2.55. The van der Waals surface area contributed by atoms with E-state index in [-0.39, 0.29) is 10.6 Å². The van der Waals surface area contributed by atoms with Gasteiger partial charge in [0.15, 0.2) is 0 Å². The molecule has 0 aliphatic carbocycles. The highest BCUT2D eigenvalue weighted by atomic mass is 35.7. The summed E-state index contributed by atoms with van der Waals surface area (Å²) in [7, 11) is 1.47. The minimum atomic E-state index is -3.74. The lowest BCUT2D eigenvalue weighted by Gasteiger charge is -2.02. The van der Waals surface area contributed by atoms with Crippen molar-refractivity contribution in [3.63, 3.8) is 0 Å². The van der Waals surface area contributed by atoms with Gasteiger partial charge in [0.1, 0.15) is 0 Å². The lowest BCUT2D eigenvalue weighted by molar-refractivity contribution is -0.384. The lowest BCUT2D eigenvalue weighted by atomic mass is 10.1. The minimum absolute atomic E-state index is 0.00343. The van der Waals surface area contributed by atoms with E-state index >= 15 is 0 Å². The largest absolute Gasteiger partial charge is 0.269 e. The fraction of sp³-hybridized carbons (Fsp3) is 0. The third kappa shape index (κ3) is 3.10. The van der Waals surface area contributed by atoms with Gasteiger partial charge in [0.25, 0.3) is 14.7 Å². The van der Waals surface area contributed by atoms with E-state index in [1.807, 2.05) is 0 Å². The summed E-state index contributed by atoms with van der Waals surface area (Å²) in [6.07, 6.45) is 0. The van der Waals surface area contributed by atoms with E-state index in [9.17, 15) is 18.5 Å². The molecule has 0 amide bonds. The zero-order valence-corrected chi connectivity index (χ0v) is 11.1. The second-order valence-electron chi connectivity index (χ2n) is 3.77. The first kappa shape index (κ1) is 13.5. The standard InChI is InChI=1S/C12H8ClNO4S/c13-19(17,18)12-7-3-10(4-8-12)9-1-5-11(6-2-9)14(15)16/h1-8H. The van der Waals surface area contributed by atoms with Crippen molar-refractivity contribution >= 4 is 25.4 Å². The van der Waals surface area contributed by atoms with Gasteiger partial charge < -0.3 is 0 Å². The Kier molecular flexibility index (Phi) is 3.55. The van der Waals surface area contributed by atoms with E-state index in [0.29, 0.717) is 0 Å². The van der Waals surface area contributed by atoms with E-state index in [0.717, 1.165) is 11.1 Å². The molecule has 0 heterocycles. The molecule has 2 aromatic rings. The van der Waals surface area contributed by atoms with Crippen molar-refractivity contribution in [1.82, 2.24) is 0 Å². The van der Waals surface area contributed by atoms with Gasteiger partial charge >= 0.3 is 0 Å². The predicted molar refractivity (Wildman–Crippen MR) is 71.6 cm³/mol. The maximum atomic E-state index is 11.1. The number of nitrogens with zero attached hydrogens (tertiary/aromatic N) is 1. The molecule has 2 aromatic carbocycles. The number of rotatable bonds is 3. The van der Waals surface area contributed by atoms with E-state index in [2.05, 4.69) is 0 Å². The van der Waals surface area contributed by atoms with Crippen molar-refractivity contribution < 1.29 is 13.3 Å². The Morgan fingerprint density at radius 2 is 1.32 bits per heavy atom. The maximum Gasteiger partial charge on any atom is 0.269 e. The minimum Gasteiger partial charge on any atom is -0.258 e. The van der Waals surface area contributed by atoms with Gasteiger partial charge in [-0.25, -0.2) is 8.42 Å². The molecule has 0 N–H and O–H groups in total. The zero-order valence-electron chi connectivity index (χ0n) is 9.49. The van der Waals surface area contributed by atoms with Crippen LogP contribution in [0.4, 0.5) is 5.69 Å². The molecule has 0 saturated heterocycles. The molecule has 0 spiro atoms. The summed E-state index contributed by atoms with van der Waals surface area (Å²) in [6.45, 7) is 0. The molecule has 0 aliphatic heterocycles. The molecular weight excluding hydrogens is 290 g/mol. The van der Waals surface area contributed by atoms with Crippen LogP contribution in [-0.2, 0) is 9.05 Å². The molecule has 0 atom stereocenters. The van der Waals surface area contributed by atoms with Crippen molar-refractivity contribution in [2.24, 2.45) is 0 Å². The Balaban J connectivity index is 2.35. The first-order valence-corrected chi connectivity index (χ1v) is 7.48. The molecule has 7 heteroatoms. The van der Waals surface area contributed by atoms with Crippen molar-refractivity contribution in [3.05, 3.63) is 58.6 Å². The van der Waals surface area contributed by atoms with Gasteiger partial charge in [0, 0.05) is 22.8 Å². The highest BCUT2D eigenvalue weighted by Crippen LogP contribution is 2.24. The van der Waals surface area contributed by atoms with Gasteiger partial charge in [0.2, 0.25) is 0 Å². The molecular formula is C12H8ClNO4S. The Hall–Kier alpha value is -1.92. The Bertz CT molecular complexity index is 708. The summed E-state index contributed by atoms with van der Waals surface area (Å²) in [6, 6.07) is 11.9. The predicted octanol–water partition coefficient (Wildman–Crippen LogP) is 3.19. The van der Waals surface area contributed by atoms with Crippen molar-refractivity contribution in [1.29, 1.82) is 0 Å². The van der Waals surface area contributed by atoms with Gasteiger partial charge in [-0.3, -0.25) is 10.1 Å². The van der Waals surface area contributed by atoms with Gasteiger partial charge in [-0.15, -0.1) is 0 Å². The molecule has 19 heavy (non-hydrogen) atoms. The number of hydrogen-bond acceptors (Lipinski definition) is 4. The van der Waals surface area contributed by atoms with Crippen LogP contribution in [0.25, 0.3) is 11.1 Å². The van der Waals surface area contributed by atoms with Crippen LogP contribution < -0.4 is 0 Å². The summed E-state index contributed by atoms with van der Waals surface area (Å²) < 4.78 is 22.2. The third-order valence-corrected chi connectivity index (χ3v) is 3.92. The topological polar surface area (TPSA) is 77.3 Å². The highest BCUT2D eigenvalue weighted by molar-refractivity contribution is 8.13. The first-order chi connectivity index (χ1) is 8.88. The molecule has 0 bridgehead atoms. The zero-order chi connectivity index (χ0) is 14.0. The fourth-order valence-electron chi connectivity index (χ4n) is 1.59. The van der Waals surface area contributed by atoms with Crippen LogP contribution in [0.2, 0.25) is 0 Å². The van der Waals surface area contributed by atoms with E-state index in [4.69, 9.17) is 10.7 Å². The van der Waals surface area contributed by atoms with E-state index < -0.39 is 14.0 Å². The summed E-state index contributed by atoms with van der Waals surface area (Å²) in [5, 5.41) is 10.5. The molecule has 0 fully saturated rings. The number of non-ortho nitro benzene ring substituents is 1. The summed E-state index contributed by atoms with van der Waals surface area (Å²) >= 11 is 0. The Morgan fingerprint density at radius 1 is 0.895 bits per heavy atom. The number of nitro benzene ring substituents is 1. The molecule has 2 rings (SSSR count). The number of nitro groups is 1. The SMILES string of the molecule is O=[N+]([O-])c1ccc(-c2ccc(S(=O)(=O)Cl)cc2)cc1.